The van der Waals surface area contributed by atoms with Crippen molar-refractivity contribution in [1.29, 1.82) is 0 Å². The Balaban J connectivity index is 2.30. The van der Waals surface area contributed by atoms with Crippen molar-refractivity contribution in [2.45, 2.75) is 45.1 Å². The first kappa shape index (κ1) is 15.1. The first-order valence-electron chi connectivity index (χ1n) is 7.66. The fourth-order valence-electron chi connectivity index (χ4n) is 2.82. The van der Waals surface area contributed by atoms with Crippen LogP contribution in [0.3, 0.4) is 0 Å². The first-order valence-corrected chi connectivity index (χ1v) is 7.66. The summed E-state index contributed by atoms with van der Waals surface area (Å²) in [5.41, 5.74) is 1.14. The SMILES string of the molecule is CCC(C)c1cc(OC)cc(N2CCCC2CNC)n1. The van der Waals surface area contributed by atoms with E-state index in [0.29, 0.717) is 12.0 Å². The van der Waals surface area contributed by atoms with E-state index in [0.717, 1.165) is 36.8 Å². The van der Waals surface area contributed by atoms with Crippen molar-refractivity contribution in [3.63, 3.8) is 0 Å². The van der Waals surface area contributed by atoms with Crippen molar-refractivity contribution in [3.05, 3.63) is 17.8 Å². The van der Waals surface area contributed by atoms with Crippen LogP contribution in [-0.2, 0) is 0 Å². The van der Waals surface area contributed by atoms with E-state index in [-0.39, 0.29) is 0 Å². The van der Waals surface area contributed by atoms with Gasteiger partial charge in [0.15, 0.2) is 0 Å². The second-order valence-electron chi connectivity index (χ2n) is 5.65. The molecule has 2 rings (SSSR count). The topological polar surface area (TPSA) is 37.4 Å². The van der Waals surface area contributed by atoms with Crippen molar-refractivity contribution in [2.75, 3.05) is 32.1 Å². The molecule has 2 unspecified atom stereocenters. The average Bonchev–Trinajstić information content (AvgIpc) is 2.94. The smallest absolute Gasteiger partial charge is 0.132 e. The summed E-state index contributed by atoms with van der Waals surface area (Å²) in [7, 11) is 3.74. The molecular formula is C16H27N3O. The largest absolute Gasteiger partial charge is 0.497 e. The lowest BCUT2D eigenvalue weighted by molar-refractivity contribution is 0.412. The monoisotopic (exact) mass is 277 g/mol. The lowest BCUT2D eigenvalue weighted by Gasteiger charge is -2.27. The van der Waals surface area contributed by atoms with Crippen LogP contribution in [0.2, 0.25) is 0 Å². The number of methoxy groups -OCH3 is 1. The Morgan fingerprint density at radius 2 is 2.30 bits per heavy atom. The summed E-state index contributed by atoms with van der Waals surface area (Å²) < 4.78 is 5.46. The lowest BCUT2D eigenvalue weighted by atomic mass is 10.0. The Bertz CT molecular complexity index is 436. The molecule has 1 saturated heterocycles. The molecule has 0 spiro atoms. The summed E-state index contributed by atoms with van der Waals surface area (Å²) in [6.07, 6.45) is 3.57. The van der Waals surface area contributed by atoms with E-state index in [1.165, 1.54) is 12.8 Å². The van der Waals surface area contributed by atoms with Crippen molar-refractivity contribution in [3.8, 4) is 5.75 Å². The van der Waals surface area contributed by atoms with Gasteiger partial charge < -0.3 is 15.0 Å². The Kier molecular flexibility index (Phi) is 5.24. The van der Waals surface area contributed by atoms with Crippen molar-refractivity contribution in [1.82, 2.24) is 10.3 Å². The summed E-state index contributed by atoms with van der Waals surface area (Å²) in [4.78, 5) is 7.31. The number of aromatic nitrogens is 1. The van der Waals surface area contributed by atoms with Gasteiger partial charge in [0.1, 0.15) is 11.6 Å². The Morgan fingerprint density at radius 1 is 1.50 bits per heavy atom. The zero-order chi connectivity index (χ0) is 14.5. The van der Waals surface area contributed by atoms with Gasteiger partial charge >= 0.3 is 0 Å². The molecule has 0 aliphatic carbocycles. The molecule has 0 amide bonds. The highest BCUT2D eigenvalue weighted by atomic mass is 16.5. The van der Waals surface area contributed by atoms with Crippen LogP contribution < -0.4 is 15.0 Å². The minimum Gasteiger partial charge on any atom is -0.497 e. The fraction of sp³-hybridized carbons (Fsp3) is 0.688. The van der Waals surface area contributed by atoms with Gasteiger partial charge in [-0.3, -0.25) is 0 Å². The van der Waals surface area contributed by atoms with Gasteiger partial charge in [0.2, 0.25) is 0 Å². The van der Waals surface area contributed by atoms with Crippen LogP contribution in [0.5, 0.6) is 5.75 Å². The van der Waals surface area contributed by atoms with E-state index >= 15 is 0 Å². The summed E-state index contributed by atoms with van der Waals surface area (Å²) in [5.74, 6) is 2.45. The first-order chi connectivity index (χ1) is 9.69. The molecule has 112 valence electrons. The minimum absolute atomic E-state index is 0.467. The molecule has 20 heavy (non-hydrogen) atoms. The molecule has 1 aromatic rings. The van der Waals surface area contributed by atoms with Crippen LogP contribution >= 0.6 is 0 Å². The number of pyridine rings is 1. The summed E-state index contributed by atoms with van der Waals surface area (Å²) in [6, 6.07) is 4.69. The van der Waals surface area contributed by atoms with Crippen molar-refractivity contribution < 1.29 is 4.74 Å². The van der Waals surface area contributed by atoms with Gasteiger partial charge in [-0.05, 0) is 32.2 Å². The van der Waals surface area contributed by atoms with Gasteiger partial charge in [0, 0.05) is 37.0 Å². The highest BCUT2D eigenvalue weighted by Crippen LogP contribution is 2.30. The molecule has 1 aromatic heterocycles. The van der Waals surface area contributed by atoms with Crippen LogP contribution in [0.15, 0.2) is 12.1 Å². The molecule has 0 saturated carbocycles. The van der Waals surface area contributed by atoms with Crippen LogP contribution in [-0.4, -0.2) is 38.3 Å². The number of nitrogens with one attached hydrogen (secondary N) is 1. The Labute approximate surface area is 122 Å². The maximum atomic E-state index is 5.46. The third-order valence-corrected chi connectivity index (χ3v) is 4.27. The molecular weight excluding hydrogens is 250 g/mol. The number of hydrogen-bond donors (Lipinski definition) is 1. The molecule has 0 aromatic carbocycles. The van der Waals surface area contributed by atoms with Gasteiger partial charge in [0.25, 0.3) is 0 Å². The minimum atomic E-state index is 0.467. The van der Waals surface area contributed by atoms with Crippen LogP contribution in [0.1, 0.15) is 44.7 Å². The van der Waals surface area contributed by atoms with E-state index in [2.05, 4.69) is 36.2 Å². The second-order valence-corrected chi connectivity index (χ2v) is 5.65. The maximum Gasteiger partial charge on any atom is 0.132 e. The number of nitrogens with zero attached hydrogens (tertiary/aromatic N) is 2. The Hall–Kier alpha value is -1.29. The van der Waals surface area contributed by atoms with Crippen LogP contribution in [0, 0.1) is 0 Å². The molecule has 2 heterocycles. The van der Waals surface area contributed by atoms with Crippen molar-refractivity contribution in [2.24, 2.45) is 0 Å². The summed E-state index contributed by atoms with van der Waals surface area (Å²) in [5, 5.41) is 3.29. The number of rotatable bonds is 6. The fourth-order valence-corrected chi connectivity index (χ4v) is 2.82. The number of hydrogen-bond acceptors (Lipinski definition) is 4. The number of likely N-dealkylation sites (N-methyl/N-ethyl adjacent to an activating group) is 1. The third kappa shape index (κ3) is 3.23. The predicted molar refractivity (Wildman–Crippen MR) is 83.8 cm³/mol. The summed E-state index contributed by atoms with van der Waals surface area (Å²) in [6.45, 7) is 6.52. The van der Waals surface area contributed by atoms with E-state index in [4.69, 9.17) is 9.72 Å². The molecule has 1 N–H and O–H groups in total. The third-order valence-electron chi connectivity index (χ3n) is 4.27. The summed E-state index contributed by atoms with van der Waals surface area (Å²) >= 11 is 0. The quantitative estimate of drug-likeness (QED) is 0.867. The lowest BCUT2D eigenvalue weighted by Crippen LogP contribution is -2.37. The normalized spacial score (nSPS) is 20.2. The van der Waals surface area contributed by atoms with Crippen LogP contribution in [0.25, 0.3) is 0 Å². The van der Waals surface area contributed by atoms with Gasteiger partial charge in [-0.15, -0.1) is 0 Å². The van der Waals surface area contributed by atoms with E-state index in [1.807, 2.05) is 7.05 Å². The zero-order valence-electron chi connectivity index (χ0n) is 13.1. The molecule has 2 atom stereocenters. The van der Waals surface area contributed by atoms with E-state index in [9.17, 15) is 0 Å². The predicted octanol–water partition coefficient (Wildman–Crippen LogP) is 2.79. The maximum absolute atomic E-state index is 5.46. The van der Waals surface area contributed by atoms with Gasteiger partial charge in [-0.25, -0.2) is 4.98 Å². The molecule has 4 heteroatoms. The number of anilines is 1. The number of ether oxygens (including phenoxy) is 1. The van der Waals surface area contributed by atoms with E-state index < -0.39 is 0 Å². The zero-order valence-corrected chi connectivity index (χ0v) is 13.1. The molecule has 1 aliphatic heterocycles. The second kappa shape index (κ2) is 6.93. The molecule has 1 aliphatic rings. The van der Waals surface area contributed by atoms with E-state index in [1.54, 1.807) is 7.11 Å². The molecule has 4 nitrogen and oxygen atoms in total. The molecule has 0 radical (unpaired) electrons. The molecule has 1 fully saturated rings. The highest BCUT2D eigenvalue weighted by Gasteiger charge is 2.26. The standard InChI is InChI=1S/C16H27N3O/c1-5-12(2)15-9-14(20-4)10-16(18-15)19-8-6-7-13(19)11-17-3/h9-10,12-13,17H,5-8,11H2,1-4H3. The average molecular weight is 277 g/mol. The van der Waals surface area contributed by atoms with Crippen molar-refractivity contribution >= 4 is 5.82 Å². The highest BCUT2D eigenvalue weighted by molar-refractivity contribution is 5.48. The Morgan fingerprint density at radius 3 is 2.95 bits per heavy atom. The van der Waals surface area contributed by atoms with Gasteiger partial charge in [0.05, 0.1) is 7.11 Å². The van der Waals surface area contributed by atoms with Gasteiger partial charge in [-0.1, -0.05) is 13.8 Å². The molecule has 0 bridgehead atoms. The van der Waals surface area contributed by atoms with Crippen LogP contribution in [0.4, 0.5) is 5.82 Å². The van der Waals surface area contributed by atoms with Gasteiger partial charge in [-0.2, -0.15) is 0 Å².